The molecule has 0 amide bonds. The molecule has 1 aromatic carbocycles. The average Bonchev–Trinajstić information content (AvgIpc) is 2.93. The van der Waals surface area contributed by atoms with Crippen LogP contribution < -0.4 is 5.73 Å². The molecule has 0 radical (unpaired) electrons. The van der Waals surface area contributed by atoms with E-state index in [0.29, 0.717) is 0 Å². The zero-order valence-electron chi connectivity index (χ0n) is 12.5. The minimum atomic E-state index is 0.230. The molecule has 1 aromatic heterocycles. The van der Waals surface area contributed by atoms with E-state index in [-0.39, 0.29) is 6.04 Å². The second-order valence-electron chi connectivity index (χ2n) is 5.86. The third-order valence-corrected chi connectivity index (χ3v) is 5.09. The Morgan fingerprint density at radius 2 is 2.14 bits per heavy atom. The predicted octanol–water partition coefficient (Wildman–Crippen LogP) is 3.79. The molecule has 1 unspecified atom stereocenters. The normalized spacial score (nSPS) is 15.8. The molecule has 1 atom stereocenters. The molecule has 1 aliphatic carbocycles. The van der Waals surface area contributed by atoms with Gasteiger partial charge in [0, 0.05) is 21.9 Å². The monoisotopic (exact) mass is 347 g/mol. The highest BCUT2D eigenvalue weighted by Crippen LogP contribution is 2.26. The number of rotatable bonds is 4. The van der Waals surface area contributed by atoms with E-state index >= 15 is 0 Å². The highest BCUT2D eigenvalue weighted by molar-refractivity contribution is 9.10. The van der Waals surface area contributed by atoms with E-state index in [1.165, 1.54) is 35.5 Å². The summed E-state index contributed by atoms with van der Waals surface area (Å²) in [4.78, 5) is 4.57. The van der Waals surface area contributed by atoms with Gasteiger partial charge >= 0.3 is 0 Å². The smallest absolute Gasteiger partial charge is 0.0997 e. The van der Waals surface area contributed by atoms with Crippen LogP contribution in [0.2, 0.25) is 0 Å². The number of aromatic nitrogens is 2. The van der Waals surface area contributed by atoms with E-state index in [1.54, 1.807) is 0 Å². The molecule has 0 fully saturated rings. The highest BCUT2D eigenvalue weighted by Gasteiger charge is 2.16. The van der Waals surface area contributed by atoms with Gasteiger partial charge in [0.1, 0.15) is 0 Å². The molecule has 0 bridgehead atoms. The summed E-state index contributed by atoms with van der Waals surface area (Å²) in [5.41, 5.74) is 11.2. The number of halogens is 1. The molecule has 112 valence electrons. The van der Waals surface area contributed by atoms with E-state index in [1.807, 2.05) is 6.33 Å². The first-order valence-corrected chi connectivity index (χ1v) is 8.57. The van der Waals surface area contributed by atoms with Crippen LogP contribution in [-0.2, 0) is 19.3 Å². The molecule has 0 saturated heterocycles. The first-order chi connectivity index (χ1) is 10.2. The molecule has 3 nitrogen and oxygen atoms in total. The van der Waals surface area contributed by atoms with Crippen LogP contribution in [-0.4, -0.2) is 15.6 Å². The van der Waals surface area contributed by atoms with Crippen molar-refractivity contribution in [3.05, 3.63) is 46.0 Å². The Morgan fingerprint density at radius 3 is 2.90 bits per heavy atom. The fourth-order valence-corrected chi connectivity index (χ4v) is 3.50. The minimum absolute atomic E-state index is 0.230. The zero-order chi connectivity index (χ0) is 14.8. The Kier molecular flexibility index (Phi) is 4.45. The molecule has 0 spiro atoms. The molecule has 1 aliphatic rings. The van der Waals surface area contributed by atoms with Crippen molar-refractivity contribution in [1.29, 1.82) is 0 Å². The summed E-state index contributed by atoms with van der Waals surface area (Å²) in [6, 6.07) is 6.78. The van der Waals surface area contributed by atoms with E-state index < -0.39 is 0 Å². The van der Waals surface area contributed by atoms with E-state index in [9.17, 15) is 0 Å². The van der Waals surface area contributed by atoms with Crippen LogP contribution in [0.15, 0.2) is 29.0 Å². The fraction of sp³-hybridized carbons (Fsp3) is 0.471. The maximum absolute atomic E-state index is 6.06. The minimum Gasteiger partial charge on any atom is -0.327 e. The van der Waals surface area contributed by atoms with Crippen LogP contribution in [0, 0.1) is 0 Å². The van der Waals surface area contributed by atoms with Crippen molar-refractivity contribution in [3.63, 3.8) is 0 Å². The lowest BCUT2D eigenvalue weighted by Gasteiger charge is -2.16. The Bertz CT molecular complexity index is 633. The molecule has 3 rings (SSSR count). The third kappa shape index (κ3) is 3.06. The first-order valence-electron chi connectivity index (χ1n) is 7.78. The molecular formula is C17H22BrN3. The number of hydrogen-bond donors (Lipinski definition) is 1. The second kappa shape index (κ2) is 6.32. The molecule has 2 N–H and O–H groups in total. The Hall–Kier alpha value is -1.13. The van der Waals surface area contributed by atoms with Crippen molar-refractivity contribution in [2.45, 2.75) is 51.5 Å². The topological polar surface area (TPSA) is 43.8 Å². The predicted molar refractivity (Wildman–Crippen MR) is 89.9 cm³/mol. The largest absolute Gasteiger partial charge is 0.327 e. The van der Waals surface area contributed by atoms with E-state index in [2.05, 4.69) is 50.6 Å². The summed E-state index contributed by atoms with van der Waals surface area (Å²) >= 11 is 3.70. The van der Waals surface area contributed by atoms with Gasteiger partial charge < -0.3 is 10.3 Å². The number of nitrogens with zero attached hydrogens (tertiary/aromatic N) is 2. The lowest BCUT2D eigenvalue weighted by molar-refractivity contribution is 0.644. The summed E-state index contributed by atoms with van der Waals surface area (Å²) in [5.74, 6) is 0. The van der Waals surface area contributed by atoms with E-state index in [0.717, 1.165) is 30.2 Å². The lowest BCUT2D eigenvalue weighted by Crippen LogP contribution is -2.21. The summed E-state index contributed by atoms with van der Waals surface area (Å²) in [6.45, 7) is 2.13. The van der Waals surface area contributed by atoms with Crippen LogP contribution in [0.3, 0.4) is 0 Å². The molecule has 0 saturated carbocycles. The van der Waals surface area contributed by atoms with Gasteiger partial charge in [-0.3, -0.25) is 0 Å². The van der Waals surface area contributed by atoms with Crippen molar-refractivity contribution in [3.8, 4) is 5.69 Å². The van der Waals surface area contributed by atoms with Crippen molar-refractivity contribution in [2.24, 2.45) is 5.73 Å². The van der Waals surface area contributed by atoms with Crippen molar-refractivity contribution in [2.75, 3.05) is 0 Å². The Morgan fingerprint density at radius 1 is 1.33 bits per heavy atom. The van der Waals surface area contributed by atoms with Gasteiger partial charge in [-0.2, -0.15) is 0 Å². The van der Waals surface area contributed by atoms with Gasteiger partial charge in [0.05, 0.1) is 12.0 Å². The summed E-state index contributed by atoms with van der Waals surface area (Å²) in [5, 5.41) is 0. The van der Waals surface area contributed by atoms with Crippen molar-refractivity contribution >= 4 is 15.9 Å². The number of imidazole rings is 1. The van der Waals surface area contributed by atoms with Gasteiger partial charge in [-0.05, 0) is 56.2 Å². The van der Waals surface area contributed by atoms with E-state index in [4.69, 9.17) is 5.73 Å². The zero-order valence-corrected chi connectivity index (χ0v) is 14.1. The van der Waals surface area contributed by atoms with Crippen LogP contribution in [0.5, 0.6) is 0 Å². The summed E-state index contributed by atoms with van der Waals surface area (Å²) in [6.07, 6.45) is 8.67. The number of benzene rings is 1. The van der Waals surface area contributed by atoms with Gasteiger partial charge in [-0.15, -0.1) is 0 Å². The number of nitrogens with two attached hydrogens (primary N) is 1. The second-order valence-corrected chi connectivity index (χ2v) is 6.72. The SMILES string of the molecule is CCC(N)Cc1ccc(-n2cnc3c2CCCC3)cc1Br. The molecule has 0 aliphatic heterocycles. The molecular weight excluding hydrogens is 326 g/mol. The average molecular weight is 348 g/mol. The van der Waals surface area contributed by atoms with Crippen molar-refractivity contribution in [1.82, 2.24) is 9.55 Å². The van der Waals surface area contributed by atoms with Crippen LogP contribution in [0.1, 0.15) is 43.1 Å². The quantitative estimate of drug-likeness (QED) is 0.914. The molecule has 2 aromatic rings. The standard InChI is InChI=1S/C17H22BrN3/c1-2-13(19)9-12-7-8-14(10-15(12)18)21-11-20-16-5-3-4-6-17(16)21/h7-8,10-11,13H,2-6,9,19H2,1H3. The lowest BCUT2D eigenvalue weighted by atomic mass is 10.0. The molecule has 4 heteroatoms. The Balaban J connectivity index is 1.90. The van der Waals surface area contributed by atoms with Gasteiger partial charge in [0.2, 0.25) is 0 Å². The maximum atomic E-state index is 6.06. The van der Waals surface area contributed by atoms with Gasteiger partial charge in [0.25, 0.3) is 0 Å². The molecule has 21 heavy (non-hydrogen) atoms. The van der Waals surface area contributed by atoms with Crippen LogP contribution in [0.25, 0.3) is 5.69 Å². The number of fused-ring (bicyclic) bond motifs is 1. The summed E-state index contributed by atoms with van der Waals surface area (Å²) < 4.78 is 3.38. The van der Waals surface area contributed by atoms with Crippen molar-refractivity contribution < 1.29 is 0 Å². The third-order valence-electron chi connectivity index (χ3n) is 4.35. The van der Waals surface area contributed by atoms with Gasteiger partial charge in [-0.25, -0.2) is 4.98 Å². The fourth-order valence-electron chi connectivity index (χ4n) is 2.97. The van der Waals surface area contributed by atoms with Gasteiger partial charge in [0.15, 0.2) is 0 Å². The number of aryl methyl sites for hydroxylation is 1. The Labute approximate surface area is 134 Å². The highest BCUT2D eigenvalue weighted by atomic mass is 79.9. The summed E-state index contributed by atoms with van der Waals surface area (Å²) in [7, 11) is 0. The first kappa shape index (κ1) is 14.8. The maximum Gasteiger partial charge on any atom is 0.0997 e. The van der Waals surface area contributed by atoms with Crippen LogP contribution >= 0.6 is 15.9 Å². The number of hydrogen-bond acceptors (Lipinski definition) is 2. The van der Waals surface area contributed by atoms with Crippen LogP contribution in [0.4, 0.5) is 0 Å². The van der Waals surface area contributed by atoms with Gasteiger partial charge in [-0.1, -0.05) is 28.9 Å². The molecule has 1 heterocycles.